The number of hydrogen-bond donors (Lipinski definition) is 1. The number of rotatable bonds is 23. The Labute approximate surface area is 471 Å². The second-order valence-electron chi connectivity index (χ2n) is 18.0. The van der Waals surface area contributed by atoms with E-state index < -0.39 is 102 Å². The molecule has 0 radical (unpaired) electrons. The van der Waals surface area contributed by atoms with Crippen LogP contribution in [0, 0.1) is 0 Å². The number of ether oxygens (including phenoxy) is 10. The topological polar surface area (TPSA) is 173 Å². The highest BCUT2D eigenvalue weighted by Crippen LogP contribution is 2.36. The average Bonchev–Trinajstić information content (AvgIpc) is 3.63. The highest BCUT2D eigenvalue weighted by molar-refractivity contribution is 7.99. The van der Waals surface area contributed by atoms with Crippen LogP contribution in [0.2, 0.25) is 0 Å². The Morgan fingerprint density at radius 3 is 1.40 bits per heavy atom. The third-order valence-corrected chi connectivity index (χ3v) is 13.8. The maximum Gasteiger partial charge on any atom is 0.407 e. The van der Waals surface area contributed by atoms with E-state index in [1.54, 1.807) is 91.0 Å². The molecule has 6 aromatic carbocycles. The second-order valence-corrected chi connectivity index (χ2v) is 21.9. The molecule has 2 saturated heterocycles. The van der Waals surface area contributed by atoms with E-state index in [1.165, 1.54) is 11.8 Å². The summed E-state index contributed by atoms with van der Waals surface area (Å²) in [7, 11) is 0. The van der Waals surface area contributed by atoms with Gasteiger partial charge in [-0.2, -0.15) is 0 Å². The molecule has 410 valence electrons. The highest BCUT2D eigenvalue weighted by atomic mass is 35.6. The molecule has 0 saturated carbocycles. The SMILES string of the molecule is CCSC1OC(COC2OC(COCc3ccccc3)C(OCc3ccccc3)C(OCc3ccccc3)C2OC(=O)c2ccccc2)C(OC(=O)c2ccccc2)C(OC(=O)c2ccccc2)C1NC(=O)OCC(Cl)(Cl)Cl. The van der Waals surface area contributed by atoms with Gasteiger partial charge in [-0.05, 0) is 58.8 Å². The summed E-state index contributed by atoms with van der Waals surface area (Å²) < 4.78 is 62.9. The highest BCUT2D eigenvalue weighted by Gasteiger charge is 2.54. The van der Waals surface area contributed by atoms with Gasteiger partial charge in [-0.15, -0.1) is 11.8 Å². The van der Waals surface area contributed by atoms with Crippen molar-refractivity contribution in [2.45, 2.75) is 91.0 Å². The minimum atomic E-state index is -1.96. The number of esters is 3. The summed E-state index contributed by atoms with van der Waals surface area (Å²) in [6, 6.07) is 52.1. The van der Waals surface area contributed by atoms with Crippen LogP contribution in [-0.2, 0) is 67.2 Å². The zero-order valence-corrected chi connectivity index (χ0v) is 45.4. The molecule has 0 spiro atoms. The average molecular weight is 1140 g/mol. The molecule has 1 amide bonds. The summed E-state index contributed by atoms with van der Waals surface area (Å²) in [5.41, 5.74) is 2.12. The van der Waals surface area contributed by atoms with Crippen molar-refractivity contribution in [2.24, 2.45) is 0 Å². The van der Waals surface area contributed by atoms with Crippen molar-refractivity contribution in [3.8, 4) is 0 Å². The lowest BCUT2D eigenvalue weighted by atomic mass is 9.96. The first-order valence-electron chi connectivity index (χ1n) is 25.2. The molecule has 15 nitrogen and oxygen atoms in total. The van der Waals surface area contributed by atoms with Gasteiger partial charge >= 0.3 is 24.0 Å². The molecular weight excluding hydrogens is 1090 g/mol. The smallest absolute Gasteiger partial charge is 0.407 e. The summed E-state index contributed by atoms with van der Waals surface area (Å²) in [4.78, 5) is 56.4. The van der Waals surface area contributed by atoms with Crippen LogP contribution in [0.15, 0.2) is 182 Å². The van der Waals surface area contributed by atoms with Crippen LogP contribution in [0.25, 0.3) is 0 Å². The van der Waals surface area contributed by atoms with Crippen LogP contribution in [0.3, 0.4) is 0 Å². The van der Waals surface area contributed by atoms with Crippen molar-refractivity contribution < 1.29 is 66.5 Å². The fourth-order valence-corrected chi connectivity index (χ4v) is 9.80. The molecule has 0 aliphatic carbocycles. The number of thioether (sulfide) groups is 1. The standard InChI is InChI=1S/C59H58Cl3NO14S/c1-2-78-57-47(63-58(67)72-38-59(60,61)62)50(76-54(65)43-29-17-7-18-30-43)49(75-53(64)42-27-15-6-16-28-42)46(74-57)37-71-56-52(77-55(66)44-31-19-8-20-32-44)51(70-35-41-25-13-5-14-26-41)48(69-34-40-23-11-4-12-24-40)45(73-56)36-68-33-39-21-9-3-10-22-39/h3-32,45-52,56-57H,2,33-38H2,1H3,(H,63,67). The van der Waals surface area contributed by atoms with Crippen molar-refractivity contribution in [1.29, 1.82) is 0 Å². The molecule has 2 aliphatic heterocycles. The van der Waals surface area contributed by atoms with Crippen LogP contribution >= 0.6 is 46.6 Å². The fourth-order valence-electron chi connectivity index (χ4n) is 8.66. The first-order valence-corrected chi connectivity index (χ1v) is 27.4. The molecule has 0 bridgehead atoms. The van der Waals surface area contributed by atoms with E-state index in [1.807, 2.05) is 97.9 Å². The third-order valence-electron chi connectivity index (χ3n) is 12.4. The monoisotopic (exact) mass is 1140 g/mol. The zero-order chi connectivity index (χ0) is 54.7. The number of carbonyl (C=O) groups excluding carboxylic acids is 4. The van der Waals surface area contributed by atoms with E-state index in [4.69, 9.17) is 82.2 Å². The van der Waals surface area contributed by atoms with Gasteiger partial charge in [0.2, 0.25) is 3.79 Å². The van der Waals surface area contributed by atoms with Gasteiger partial charge in [-0.25, -0.2) is 19.2 Å². The van der Waals surface area contributed by atoms with Gasteiger partial charge in [0.05, 0.1) is 49.7 Å². The number of halogens is 3. The summed E-state index contributed by atoms with van der Waals surface area (Å²) >= 11 is 19.1. The van der Waals surface area contributed by atoms with Gasteiger partial charge in [-0.3, -0.25) is 0 Å². The number of carbonyl (C=O) groups is 4. The number of benzene rings is 6. The van der Waals surface area contributed by atoms with E-state index in [2.05, 4.69) is 5.32 Å². The molecule has 2 fully saturated rings. The minimum absolute atomic E-state index is 0.0372. The van der Waals surface area contributed by atoms with Gasteiger partial charge in [0.25, 0.3) is 0 Å². The molecule has 10 unspecified atom stereocenters. The lowest BCUT2D eigenvalue weighted by Gasteiger charge is -2.47. The Morgan fingerprint density at radius 2 is 0.923 bits per heavy atom. The van der Waals surface area contributed by atoms with Crippen molar-refractivity contribution in [2.75, 3.05) is 25.6 Å². The number of amides is 1. The molecule has 2 aliphatic rings. The zero-order valence-electron chi connectivity index (χ0n) is 42.3. The maximum absolute atomic E-state index is 14.3. The van der Waals surface area contributed by atoms with E-state index in [0.29, 0.717) is 5.75 Å². The molecule has 10 atom stereocenters. The first-order chi connectivity index (χ1) is 37.9. The number of alkyl halides is 3. The molecule has 78 heavy (non-hydrogen) atoms. The van der Waals surface area contributed by atoms with Crippen LogP contribution in [0.5, 0.6) is 0 Å². The van der Waals surface area contributed by atoms with Gasteiger partial charge in [0, 0.05) is 0 Å². The Bertz CT molecular complexity index is 2790. The summed E-state index contributed by atoms with van der Waals surface area (Å²) in [5.74, 6) is -1.92. The maximum atomic E-state index is 14.3. The fraction of sp³-hybridized carbons (Fsp3) is 0.322. The first kappa shape index (κ1) is 58.1. The Hall–Kier alpha value is -6.02. The van der Waals surface area contributed by atoms with Gasteiger partial charge in [-0.1, -0.05) is 187 Å². The molecule has 8 rings (SSSR count). The van der Waals surface area contributed by atoms with E-state index in [-0.39, 0.29) is 43.1 Å². The van der Waals surface area contributed by atoms with E-state index in [0.717, 1.165) is 16.7 Å². The normalized spacial score (nSPS) is 23.1. The van der Waals surface area contributed by atoms with Gasteiger partial charge < -0.3 is 52.7 Å². The third kappa shape index (κ3) is 17.0. The number of hydrogen-bond acceptors (Lipinski definition) is 15. The van der Waals surface area contributed by atoms with Crippen LogP contribution in [0.4, 0.5) is 4.79 Å². The summed E-state index contributed by atoms with van der Waals surface area (Å²) in [6.45, 7) is 1.13. The van der Waals surface area contributed by atoms with Crippen molar-refractivity contribution in [3.63, 3.8) is 0 Å². The molecule has 0 aromatic heterocycles. The predicted octanol–water partition coefficient (Wildman–Crippen LogP) is 10.7. The van der Waals surface area contributed by atoms with Crippen molar-refractivity contribution in [1.82, 2.24) is 5.32 Å². The number of nitrogens with one attached hydrogen (secondary N) is 1. The second kappa shape index (κ2) is 29.3. The Kier molecular flexibility index (Phi) is 21.8. The largest absolute Gasteiger partial charge is 0.452 e. The van der Waals surface area contributed by atoms with Crippen molar-refractivity contribution >= 4 is 70.6 Å². The molecule has 6 aromatic rings. The molecule has 1 N–H and O–H groups in total. The minimum Gasteiger partial charge on any atom is -0.452 e. The predicted molar refractivity (Wildman–Crippen MR) is 293 cm³/mol. The quantitative estimate of drug-likeness (QED) is 0.0364. The summed E-state index contributed by atoms with van der Waals surface area (Å²) in [6.07, 6.45) is -11.1. The number of alkyl carbamates (subject to hydrolysis) is 1. The molecular formula is C59H58Cl3NO14S. The van der Waals surface area contributed by atoms with Crippen molar-refractivity contribution in [3.05, 3.63) is 215 Å². The van der Waals surface area contributed by atoms with Crippen LogP contribution in [0.1, 0.15) is 54.7 Å². The lowest BCUT2D eigenvalue weighted by molar-refractivity contribution is -0.324. The molecule has 2 heterocycles. The molecule has 19 heteroatoms. The van der Waals surface area contributed by atoms with Gasteiger partial charge in [0.15, 0.2) is 24.6 Å². The Balaban J connectivity index is 1.19. The van der Waals surface area contributed by atoms with E-state index in [9.17, 15) is 19.2 Å². The van der Waals surface area contributed by atoms with Crippen LogP contribution < -0.4 is 5.32 Å². The summed E-state index contributed by atoms with van der Waals surface area (Å²) in [5, 5.41) is 2.73. The Morgan fingerprint density at radius 1 is 0.500 bits per heavy atom. The van der Waals surface area contributed by atoms with E-state index >= 15 is 0 Å². The van der Waals surface area contributed by atoms with Gasteiger partial charge in [0.1, 0.15) is 42.5 Å². The lowest BCUT2D eigenvalue weighted by Crippen LogP contribution is -2.66. The van der Waals surface area contributed by atoms with Crippen LogP contribution in [-0.4, -0.2) is 114 Å².